The molecule has 1 amide bonds. The number of carbonyl (C=O) groups is 1. The molecule has 0 aliphatic carbocycles. The number of carbonyl (C=O) groups excluding carboxylic acids is 1. The number of methoxy groups -OCH3 is 1. The molecule has 0 radical (unpaired) electrons. The van der Waals surface area contributed by atoms with Crippen LogP contribution in [0.4, 0.5) is 0 Å². The van der Waals surface area contributed by atoms with E-state index in [4.69, 9.17) is 9.47 Å². The van der Waals surface area contributed by atoms with Gasteiger partial charge in [0.05, 0.1) is 13.3 Å². The van der Waals surface area contributed by atoms with E-state index < -0.39 is 0 Å². The summed E-state index contributed by atoms with van der Waals surface area (Å²) in [5.41, 5.74) is 4.50. The largest absolute Gasteiger partial charge is 0.497 e. The van der Waals surface area contributed by atoms with Gasteiger partial charge in [0.1, 0.15) is 11.5 Å². The highest BCUT2D eigenvalue weighted by Gasteiger charge is 2.03. The van der Waals surface area contributed by atoms with Gasteiger partial charge in [-0.1, -0.05) is 41.4 Å². The SMILES string of the molecule is CCCc1ccc(OCC(=O)N/N=C\c2cc(OC)ccc2Br)cc1. The molecule has 0 bridgehead atoms. The summed E-state index contributed by atoms with van der Waals surface area (Å²) in [5.74, 6) is 1.05. The van der Waals surface area contributed by atoms with Gasteiger partial charge < -0.3 is 9.47 Å². The van der Waals surface area contributed by atoms with Gasteiger partial charge in [0.15, 0.2) is 6.61 Å². The van der Waals surface area contributed by atoms with Crippen LogP contribution in [0.15, 0.2) is 52.0 Å². The van der Waals surface area contributed by atoms with Crippen LogP contribution in [0.25, 0.3) is 0 Å². The summed E-state index contributed by atoms with van der Waals surface area (Å²) in [5, 5.41) is 3.94. The maximum atomic E-state index is 11.8. The number of nitrogens with zero attached hydrogens (tertiary/aromatic N) is 1. The lowest BCUT2D eigenvalue weighted by molar-refractivity contribution is -0.123. The number of nitrogens with one attached hydrogen (secondary N) is 1. The van der Waals surface area contributed by atoms with Gasteiger partial charge in [0.2, 0.25) is 0 Å². The molecular formula is C19H21BrN2O3. The summed E-state index contributed by atoms with van der Waals surface area (Å²) in [6, 6.07) is 13.3. The molecule has 0 aliphatic heterocycles. The highest BCUT2D eigenvalue weighted by molar-refractivity contribution is 9.10. The number of amides is 1. The van der Waals surface area contributed by atoms with Crippen molar-refractivity contribution in [2.24, 2.45) is 5.10 Å². The van der Waals surface area contributed by atoms with Crippen LogP contribution in [0.5, 0.6) is 11.5 Å². The molecule has 0 saturated heterocycles. The predicted octanol–water partition coefficient (Wildman–Crippen LogP) is 3.94. The Morgan fingerprint density at radius 1 is 1.20 bits per heavy atom. The Labute approximate surface area is 156 Å². The normalized spacial score (nSPS) is 10.7. The van der Waals surface area contributed by atoms with Crippen molar-refractivity contribution >= 4 is 28.1 Å². The molecule has 2 rings (SSSR count). The Morgan fingerprint density at radius 2 is 1.92 bits per heavy atom. The van der Waals surface area contributed by atoms with Gasteiger partial charge in [-0.05, 0) is 42.3 Å². The van der Waals surface area contributed by atoms with Gasteiger partial charge >= 0.3 is 0 Å². The molecule has 0 saturated carbocycles. The van der Waals surface area contributed by atoms with Crippen molar-refractivity contribution in [3.05, 3.63) is 58.1 Å². The number of ether oxygens (including phenoxy) is 2. The van der Waals surface area contributed by atoms with Crippen LogP contribution >= 0.6 is 15.9 Å². The molecule has 0 aliphatic rings. The fraction of sp³-hybridized carbons (Fsp3) is 0.263. The van der Waals surface area contributed by atoms with E-state index in [0.717, 1.165) is 22.9 Å². The molecule has 1 N–H and O–H groups in total. The number of halogens is 1. The van der Waals surface area contributed by atoms with Crippen LogP contribution in [0, 0.1) is 0 Å². The molecule has 2 aromatic carbocycles. The van der Waals surface area contributed by atoms with Gasteiger partial charge in [-0.3, -0.25) is 4.79 Å². The zero-order chi connectivity index (χ0) is 18.1. The quantitative estimate of drug-likeness (QED) is 0.535. The zero-order valence-corrected chi connectivity index (χ0v) is 15.9. The second kappa shape index (κ2) is 9.84. The lowest BCUT2D eigenvalue weighted by Gasteiger charge is -2.06. The van der Waals surface area contributed by atoms with Gasteiger partial charge in [-0.25, -0.2) is 5.43 Å². The number of hydrogen-bond donors (Lipinski definition) is 1. The minimum atomic E-state index is -0.326. The highest BCUT2D eigenvalue weighted by atomic mass is 79.9. The van der Waals surface area contributed by atoms with E-state index in [1.54, 1.807) is 13.3 Å². The Morgan fingerprint density at radius 3 is 2.60 bits per heavy atom. The first-order chi connectivity index (χ1) is 12.1. The number of hydrogen-bond acceptors (Lipinski definition) is 4. The van der Waals surface area contributed by atoms with E-state index in [-0.39, 0.29) is 12.5 Å². The van der Waals surface area contributed by atoms with Gasteiger partial charge in [0, 0.05) is 10.0 Å². The smallest absolute Gasteiger partial charge is 0.277 e. The second-order valence-corrected chi connectivity index (χ2v) is 6.22. The van der Waals surface area contributed by atoms with Crippen LogP contribution in [0.2, 0.25) is 0 Å². The summed E-state index contributed by atoms with van der Waals surface area (Å²) in [6.07, 6.45) is 3.68. The van der Waals surface area contributed by atoms with Crippen molar-refractivity contribution in [1.29, 1.82) is 0 Å². The molecule has 2 aromatic rings. The summed E-state index contributed by atoms with van der Waals surface area (Å²) in [4.78, 5) is 11.8. The highest BCUT2D eigenvalue weighted by Crippen LogP contribution is 2.20. The average Bonchev–Trinajstić information content (AvgIpc) is 2.63. The Kier molecular flexibility index (Phi) is 7.47. The minimum absolute atomic E-state index is 0.0935. The topological polar surface area (TPSA) is 59.9 Å². The van der Waals surface area contributed by atoms with Gasteiger partial charge in [-0.15, -0.1) is 0 Å². The lowest BCUT2D eigenvalue weighted by Crippen LogP contribution is -2.24. The van der Waals surface area contributed by atoms with E-state index in [1.807, 2.05) is 42.5 Å². The molecule has 6 heteroatoms. The van der Waals surface area contributed by atoms with Crippen molar-refractivity contribution in [2.45, 2.75) is 19.8 Å². The first kappa shape index (κ1) is 19.0. The monoisotopic (exact) mass is 404 g/mol. The van der Waals surface area contributed by atoms with Crippen LogP contribution in [0.1, 0.15) is 24.5 Å². The van der Waals surface area contributed by atoms with E-state index >= 15 is 0 Å². The number of hydrazone groups is 1. The Hall–Kier alpha value is -2.34. The summed E-state index contributed by atoms with van der Waals surface area (Å²) >= 11 is 3.42. The van der Waals surface area contributed by atoms with Crippen LogP contribution in [0.3, 0.4) is 0 Å². The third-order valence-corrected chi connectivity index (χ3v) is 4.15. The predicted molar refractivity (Wildman–Crippen MR) is 102 cm³/mol. The molecule has 0 heterocycles. The van der Waals surface area contributed by atoms with Crippen LogP contribution in [-0.2, 0) is 11.2 Å². The maximum Gasteiger partial charge on any atom is 0.277 e. The second-order valence-electron chi connectivity index (χ2n) is 5.36. The van der Waals surface area contributed by atoms with Crippen LogP contribution < -0.4 is 14.9 Å². The van der Waals surface area contributed by atoms with E-state index in [0.29, 0.717) is 11.5 Å². The number of benzene rings is 2. The average molecular weight is 405 g/mol. The molecule has 25 heavy (non-hydrogen) atoms. The fourth-order valence-electron chi connectivity index (χ4n) is 2.14. The van der Waals surface area contributed by atoms with Crippen molar-refractivity contribution in [3.8, 4) is 11.5 Å². The van der Waals surface area contributed by atoms with Crippen molar-refractivity contribution in [2.75, 3.05) is 13.7 Å². The number of aryl methyl sites for hydroxylation is 1. The first-order valence-corrected chi connectivity index (χ1v) is 8.79. The van der Waals surface area contributed by atoms with Gasteiger partial charge in [0.25, 0.3) is 5.91 Å². The summed E-state index contributed by atoms with van der Waals surface area (Å²) in [6.45, 7) is 2.04. The molecular weight excluding hydrogens is 384 g/mol. The van der Waals surface area contributed by atoms with Crippen LogP contribution in [-0.4, -0.2) is 25.8 Å². The first-order valence-electron chi connectivity index (χ1n) is 7.99. The molecule has 0 spiro atoms. The summed E-state index contributed by atoms with van der Waals surface area (Å²) in [7, 11) is 1.60. The van der Waals surface area contributed by atoms with Gasteiger partial charge in [-0.2, -0.15) is 5.10 Å². The molecule has 0 atom stereocenters. The fourth-order valence-corrected chi connectivity index (χ4v) is 2.49. The molecule has 0 aromatic heterocycles. The van der Waals surface area contributed by atoms with Crippen molar-refractivity contribution in [1.82, 2.24) is 5.43 Å². The zero-order valence-electron chi connectivity index (χ0n) is 14.3. The standard InChI is InChI=1S/C19H21BrN2O3/c1-3-4-14-5-7-16(8-6-14)25-13-19(23)22-21-12-15-11-17(24-2)9-10-18(15)20/h5-12H,3-4,13H2,1-2H3,(H,22,23)/b21-12-. The Balaban J connectivity index is 1.82. The van der Waals surface area contributed by atoms with E-state index in [9.17, 15) is 4.79 Å². The molecule has 0 unspecified atom stereocenters. The van der Waals surface area contributed by atoms with Crippen molar-refractivity contribution in [3.63, 3.8) is 0 Å². The number of rotatable bonds is 8. The van der Waals surface area contributed by atoms with Crippen molar-refractivity contribution < 1.29 is 14.3 Å². The minimum Gasteiger partial charge on any atom is -0.497 e. The molecule has 0 fully saturated rings. The Bertz CT molecular complexity index is 730. The third kappa shape index (κ3) is 6.23. The van der Waals surface area contributed by atoms with E-state index in [2.05, 4.69) is 33.4 Å². The molecule has 5 nitrogen and oxygen atoms in total. The maximum absolute atomic E-state index is 11.8. The molecule has 132 valence electrons. The third-order valence-electron chi connectivity index (χ3n) is 3.43. The summed E-state index contributed by atoms with van der Waals surface area (Å²) < 4.78 is 11.5. The van der Waals surface area contributed by atoms with E-state index in [1.165, 1.54) is 5.56 Å². The lowest BCUT2D eigenvalue weighted by atomic mass is 10.1.